The number of carbonyl (C=O) groups is 1. The Morgan fingerprint density at radius 1 is 0.933 bits per heavy atom. The highest BCUT2D eigenvalue weighted by Crippen LogP contribution is 2.43. The summed E-state index contributed by atoms with van der Waals surface area (Å²) in [7, 11) is 1.63. The molecule has 0 spiro atoms. The summed E-state index contributed by atoms with van der Waals surface area (Å²) in [4.78, 5) is 14.8. The Bertz CT molecular complexity index is 1050. The Kier molecular flexibility index (Phi) is 5.57. The summed E-state index contributed by atoms with van der Waals surface area (Å²) in [5.41, 5.74) is 4.73. The van der Waals surface area contributed by atoms with E-state index >= 15 is 0 Å². The monoisotopic (exact) mass is 399 g/mol. The lowest BCUT2D eigenvalue weighted by atomic mass is 9.93. The molecule has 1 N–H and O–H groups in total. The van der Waals surface area contributed by atoms with Crippen LogP contribution in [0.15, 0.2) is 84.6 Å². The Hall–Kier alpha value is -3.53. The van der Waals surface area contributed by atoms with Crippen LogP contribution in [-0.2, 0) is 11.2 Å². The van der Waals surface area contributed by atoms with E-state index < -0.39 is 0 Å². The van der Waals surface area contributed by atoms with Gasteiger partial charge in [0.25, 0.3) is 5.91 Å². The van der Waals surface area contributed by atoms with Crippen LogP contribution in [0.3, 0.4) is 0 Å². The quantitative estimate of drug-likeness (QED) is 0.627. The van der Waals surface area contributed by atoms with Gasteiger partial charge in [-0.15, -0.1) is 0 Å². The highest BCUT2D eigenvalue weighted by molar-refractivity contribution is 6.05. The molecule has 3 aromatic rings. The first-order chi connectivity index (χ1) is 14.6. The fraction of sp³-hybridized carbons (Fsp3) is 0.192. The highest BCUT2D eigenvalue weighted by atomic mass is 16.5. The number of hydrogen-bond acceptors (Lipinski definition) is 3. The predicted molar refractivity (Wildman–Crippen MR) is 118 cm³/mol. The average molecular weight is 399 g/mol. The minimum Gasteiger partial charge on any atom is -0.503 e. The van der Waals surface area contributed by atoms with Gasteiger partial charge in [0.1, 0.15) is 5.75 Å². The van der Waals surface area contributed by atoms with E-state index in [2.05, 4.69) is 12.1 Å². The maximum atomic E-state index is 13.1. The molecular weight excluding hydrogens is 374 g/mol. The first-order valence-corrected chi connectivity index (χ1v) is 10.1. The van der Waals surface area contributed by atoms with Crippen molar-refractivity contribution in [2.45, 2.75) is 19.4 Å². The zero-order valence-electron chi connectivity index (χ0n) is 17.2. The number of carbonyl (C=O) groups excluding carboxylic acids is 1. The Balaban J connectivity index is 1.73. The number of benzene rings is 3. The van der Waals surface area contributed by atoms with Crippen LogP contribution < -0.4 is 4.74 Å². The highest BCUT2D eigenvalue weighted by Gasteiger charge is 2.40. The van der Waals surface area contributed by atoms with Crippen molar-refractivity contribution in [2.24, 2.45) is 0 Å². The summed E-state index contributed by atoms with van der Waals surface area (Å²) >= 11 is 0. The molecule has 1 atom stereocenters. The molecule has 0 aromatic heterocycles. The van der Waals surface area contributed by atoms with Crippen LogP contribution in [0.5, 0.6) is 5.75 Å². The van der Waals surface area contributed by atoms with Crippen LogP contribution in [0.25, 0.3) is 5.57 Å². The van der Waals surface area contributed by atoms with Gasteiger partial charge in [-0.25, -0.2) is 0 Å². The van der Waals surface area contributed by atoms with Crippen molar-refractivity contribution in [1.82, 2.24) is 4.90 Å². The van der Waals surface area contributed by atoms with Crippen molar-refractivity contribution in [3.8, 4) is 5.75 Å². The number of amides is 1. The molecule has 0 radical (unpaired) electrons. The van der Waals surface area contributed by atoms with Gasteiger partial charge in [0.05, 0.1) is 13.2 Å². The van der Waals surface area contributed by atoms with Gasteiger partial charge >= 0.3 is 0 Å². The van der Waals surface area contributed by atoms with E-state index in [1.807, 2.05) is 73.7 Å². The van der Waals surface area contributed by atoms with E-state index in [0.29, 0.717) is 18.5 Å². The topological polar surface area (TPSA) is 49.8 Å². The number of ether oxygens (including phenoxy) is 1. The van der Waals surface area contributed by atoms with Crippen molar-refractivity contribution in [3.63, 3.8) is 0 Å². The van der Waals surface area contributed by atoms with Gasteiger partial charge < -0.3 is 14.7 Å². The second-order valence-electron chi connectivity index (χ2n) is 7.54. The molecule has 4 heteroatoms. The number of aryl methyl sites for hydroxylation is 1. The molecule has 4 rings (SSSR count). The van der Waals surface area contributed by atoms with Gasteiger partial charge in [0.15, 0.2) is 5.76 Å². The fourth-order valence-corrected chi connectivity index (χ4v) is 3.94. The molecule has 152 valence electrons. The maximum absolute atomic E-state index is 13.1. The smallest absolute Gasteiger partial charge is 0.289 e. The lowest BCUT2D eigenvalue weighted by molar-refractivity contribution is -0.129. The van der Waals surface area contributed by atoms with Gasteiger partial charge in [-0.05, 0) is 42.2 Å². The molecule has 1 aliphatic rings. The summed E-state index contributed by atoms with van der Waals surface area (Å²) in [5.74, 6) is 0.249. The second-order valence-corrected chi connectivity index (χ2v) is 7.54. The van der Waals surface area contributed by atoms with Crippen molar-refractivity contribution in [2.75, 3.05) is 13.7 Å². The molecule has 1 heterocycles. The summed E-state index contributed by atoms with van der Waals surface area (Å²) < 4.78 is 5.29. The van der Waals surface area contributed by atoms with E-state index in [1.54, 1.807) is 12.0 Å². The molecule has 0 saturated heterocycles. The minimum atomic E-state index is -0.352. The summed E-state index contributed by atoms with van der Waals surface area (Å²) in [5, 5.41) is 10.8. The van der Waals surface area contributed by atoms with Gasteiger partial charge in [0, 0.05) is 12.1 Å². The van der Waals surface area contributed by atoms with Crippen LogP contribution in [-0.4, -0.2) is 29.6 Å². The van der Waals surface area contributed by atoms with Crippen LogP contribution in [0, 0.1) is 6.92 Å². The largest absolute Gasteiger partial charge is 0.503 e. The van der Waals surface area contributed by atoms with E-state index in [4.69, 9.17) is 4.74 Å². The molecule has 30 heavy (non-hydrogen) atoms. The molecule has 1 unspecified atom stereocenters. The van der Waals surface area contributed by atoms with Gasteiger partial charge in [-0.2, -0.15) is 0 Å². The van der Waals surface area contributed by atoms with Crippen molar-refractivity contribution >= 4 is 11.5 Å². The molecule has 0 saturated carbocycles. The minimum absolute atomic E-state index is 0.173. The van der Waals surface area contributed by atoms with Gasteiger partial charge in [0.2, 0.25) is 0 Å². The third-order valence-corrected chi connectivity index (χ3v) is 5.58. The number of aliphatic hydroxyl groups excluding tert-OH is 1. The van der Waals surface area contributed by atoms with E-state index in [-0.39, 0.29) is 17.7 Å². The van der Waals surface area contributed by atoms with Crippen LogP contribution in [0.4, 0.5) is 0 Å². The number of rotatable bonds is 6. The fourth-order valence-electron chi connectivity index (χ4n) is 3.94. The van der Waals surface area contributed by atoms with E-state index in [0.717, 1.165) is 28.0 Å². The van der Waals surface area contributed by atoms with Gasteiger partial charge in [-0.1, -0.05) is 72.3 Å². The molecule has 0 bridgehead atoms. The summed E-state index contributed by atoms with van der Waals surface area (Å²) in [6.45, 7) is 2.53. The first-order valence-electron chi connectivity index (χ1n) is 10.1. The summed E-state index contributed by atoms with van der Waals surface area (Å²) in [6.07, 6.45) is 0.716. The van der Waals surface area contributed by atoms with Crippen molar-refractivity contribution in [3.05, 3.63) is 107 Å². The zero-order valence-corrected chi connectivity index (χ0v) is 17.2. The number of methoxy groups -OCH3 is 1. The molecule has 4 nitrogen and oxygen atoms in total. The van der Waals surface area contributed by atoms with Gasteiger partial charge in [-0.3, -0.25) is 4.79 Å². The van der Waals surface area contributed by atoms with Crippen molar-refractivity contribution in [1.29, 1.82) is 0 Å². The molecule has 0 aliphatic carbocycles. The molecule has 3 aromatic carbocycles. The van der Waals surface area contributed by atoms with Crippen molar-refractivity contribution < 1.29 is 14.6 Å². The Morgan fingerprint density at radius 2 is 1.60 bits per heavy atom. The summed E-state index contributed by atoms with van der Waals surface area (Å²) in [6, 6.07) is 25.3. The first kappa shape index (κ1) is 19.8. The number of hydrogen-bond donors (Lipinski definition) is 1. The lowest BCUT2D eigenvalue weighted by Gasteiger charge is -2.27. The molecule has 1 aliphatic heterocycles. The third-order valence-electron chi connectivity index (χ3n) is 5.58. The Labute approximate surface area is 177 Å². The lowest BCUT2D eigenvalue weighted by Crippen LogP contribution is -2.32. The third kappa shape index (κ3) is 3.81. The maximum Gasteiger partial charge on any atom is 0.289 e. The van der Waals surface area contributed by atoms with E-state index in [9.17, 15) is 9.90 Å². The van der Waals surface area contributed by atoms with E-state index in [1.165, 1.54) is 0 Å². The predicted octanol–water partition coefficient (Wildman–Crippen LogP) is 5.10. The average Bonchev–Trinajstić information content (AvgIpc) is 3.04. The second kappa shape index (κ2) is 8.46. The van der Waals surface area contributed by atoms with Crippen LogP contribution in [0.1, 0.15) is 28.3 Å². The standard InChI is InChI=1S/C26H25NO3/c1-18-8-10-20(11-9-18)23-24(21-12-14-22(30-2)15-13-21)27(26(29)25(23)28)17-16-19-6-4-3-5-7-19/h3-15,24,28H,16-17H2,1-2H3. The zero-order chi connectivity index (χ0) is 21.1. The number of aliphatic hydroxyl groups is 1. The molecule has 0 fully saturated rings. The number of nitrogens with zero attached hydrogens (tertiary/aromatic N) is 1. The van der Waals surface area contributed by atoms with Crippen LogP contribution in [0.2, 0.25) is 0 Å². The SMILES string of the molecule is COc1ccc(C2C(c3ccc(C)cc3)=C(O)C(=O)N2CCc2ccccc2)cc1. The Morgan fingerprint density at radius 3 is 2.23 bits per heavy atom. The normalized spacial score (nSPS) is 16.3. The molecule has 1 amide bonds. The van der Waals surface area contributed by atoms with Crippen LogP contribution >= 0.6 is 0 Å². The molecular formula is C26H25NO3.